The van der Waals surface area contributed by atoms with Crippen LogP contribution in [-0.2, 0) is 23.8 Å². The average Bonchev–Trinajstić information content (AvgIpc) is 2.59. The molecule has 1 aliphatic heterocycles. The average molecular weight is 351 g/mol. The van der Waals surface area contributed by atoms with Crippen LogP contribution in [0, 0.1) is 0 Å². The summed E-state index contributed by atoms with van der Waals surface area (Å²) < 4.78 is 15.2. The van der Waals surface area contributed by atoms with Gasteiger partial charge in [-0.1, -0.05) is 26.0 Å². The Morgan fingerprint density at radius 1 is 1.17 bits per heavy atom. The lowest BCUT2D eigenvalue weighted by molar-refractivity contribution is -0.140. The normalized spacial score (nSPS) is 14.8. The molecule has 1 aliphatic rings. The summed E-state index contributed by atoms with van der Waals surface area (Å²) in [6, 6.07) is 7.67. The van der Waals surface area contributed by atoms with E-state index in [1.54, 1.807) is 16.7 Å². The minimum absolute atomic E-state index is 0.00704. The lowest BCUT2D eigenvalue weighted by atomic mass is 10.1. The first kappa shape index (κ1) is 18.4. The van der Waals surface area contributed by atoms with Crippen LogP contribution in [0.25, 0.3) is 0 Å². The molecule has 130 valence electrons. The van der Waals surface area contributed by atoms with Crippen LogP contribution < -0.4 is 4.90 Å². The zero-order chi connectivity index (χ0) is 17.7. The second-order valence-electron chi connectivity index (χ2n) is 5.35. The van der Waals surface area contributed by atoms with E-state index in [1.807, 2.05) is 24.3 Å². The van der Waals surface area contributed by atoms with Gasteiger partial charge in [0.1, 0.15) is 12.4 Å². The van der Waals surface area contributed by atoms with E-state index in [0.717, 1.165) is 10.6 Å². The fourth-order valence-corrected chi connectivity index (χ4v) is 3.33. The lowest BCUT2D eigenvalue weighted by Gasteiger charge is -2.32. The summed E-state index contributed by atoms with van der Waals surface area (Å²) in [4.78, 5) is 27.0. The number of benzene rings is 1. The quantitative estimate of drug-likeness (QED) is 0.597. The number of methoxy groups -OCH3 is 2. The minimum Gasteiger partial charge on any atom is -0.466 e. The van der Waals surface area contributed by atoms with Crippen molar-refractivity contribution >= 4 is 29.4 Å². The molecule has 0 saturated heterocycles. The summed E-state index contributed by atoms with van der Waals surface area (Å²) in [6.07, 6.45) is 0. The lowest BCUT2D eigenvalue weighted by Crippen LogP contribution is -2.39. The molecule has 24 heavy (non-hydrogen) atoms. The molecule has 7 heteroatoms. The Bertz CT molecular complexity index is 656. The van der Waals surface area contributed by atoms with Crippen molar-refractivity contribution in [3.05, 3.63) is 35.5 Å². The van der Waals surface area contributed by atoms with Gasteiger partial charge in [0.2, 0.25) is 0 Å². The second kappa shape index (κ2) is 8.21. The van der Waals surface area contributed by atoms with Gasteiger partial charge < -0.3 is 19.1 Å². The predicted octanol–water partition coefficient (Wildman–Crippen LogP) is 2.58. The molecule has 0 bridgehead atoms. The molecule has 0 saturated carbocycles. The van der Waals surface area contributed by atoms with Gasteiger partial charge in [0, 0.05) is 10.1 Å². The first-order chi connectivity index (χ1) is 11.5. The number of rotatable bonds is 5. The van der Waals surface area contributed by atoms with Gasteiger partial charge in [-0.2, -0.15) is 0 Å². The Hall–Kier alpha value is -1.99. The molecule has 0 aromatic heterocycles. The highest BCUT2D eigenvalue weighted by Crippen LogP contribution is 2.36. The Balaban J connectivity index is 2.55. The number of ether oxygens (including phenoxy) is 3. The van der Waals surface area contributed by atoms with E-state index < -0.39 is 11.9 Å². The van der Waals surface area contributed by atoms with Crippen LogP contribution in [0.2, 0.25) is 0 Å². The molecule has 0 fully saturated rings. The number of esters is 2. The van der Waals surface area contributed by atoms with Crippen molar-refractivity contribution < 1.29 is 23.8 Å². The van der Waals surface area contributed by atoms with Crippen LogP contribution in [0.15, 0.2) is 40.4 Å². The maximum absolute atomic E-state index is 12.3. The molecule has 0 atom stereocenters. The first-order valence-electron chi connectivity index (χ1n) is 7.50. The van der Waals surface area contributed by atoms with Crippen LogP contribution in [0.5, 0.6) is 0 Å². The van der Waals surface area contributed by atoms with Gasteiger partial charge in [-0.05, 0) is 12.1 Å². The van der Waals surface area contributed by atoms with E-state index >= 15 is 0 Å². The summed E-state index contributed by atoms with van der Waals surface area (Å²) in [6.45, 7) is 4.34. The van der Waals surface area contributed by atoms with Crippen molar-refractivity contribution in [3.63, 3.8) is 0 Å². The fourth-order valence-electron chi connectivity index (χ4n) is 2.37. The third-order valence-electron chi connectivity index (χ3n) is 3.35. The summed E-state index contributed by atoms with van der Waals surface area (Å²) in [5, 5.41) is 0.363. The summed E-state index contributed by atoms with van der Waals surface area (Å²) in [5.74, 6) is -1.20. The minimum atomic E-state index is -0.603. The number of hydrogen-bond donors (Lipinski definition) is 0. The highest BCUT2D eigenvalue weighted by Gasteiger charge is 2.33. The Morgan fingerprint density at radius 2 is 1.83 bits per heavy atom. The van der Waals surface area contributed by atoms with Crippen molar-refractivity contribution in [1.82, 2.24) is 0 Å². The maximum Gasteiger partial charge on any atom is 0.355 e. The van der Waals surface area contributed by atoms with Gasteiger partial charge in [-0.3, -0.25) is 0 Å². The topological polar surface area (TPSA) is 65.1 Å². The van der Waals surface area contributed by atoms with E-state index in [9.17, 15) is 9.59 Å². The summed E-state index contributed by atoms with van der Waals surface area (Å²) in [5.41, 5.74) is 1.10. The number of para-hydroxylation sites is 1. The molecule has 6 nitrogen and oxygen atoms in total. The van der Waals surface area contributed by atoms with E-state index in [4.69, 9.17) is 14.2 Å². The first-order valence-corrected chi connectivity index (χ1v) is 8.38. The van der Waals surface area contributed by atoms with Crippen LogP contribution in [-0.4, -0.2) is 44.7 Å². The highest BCUT2D eigenvalue weighted by atomic mass is 32.2. The van der Waals surface area contributed by atoms with Crippen LogP contribution in [0.4, 0.5) is 5.69 Å². The van der Waals surface area contributed by atoms with Gasteiger partial charge in [0.15, 0.2) is 0 Å². The van der Waals surface area contributed by atoms with Crippen LogP contribution in [0.1, 0.15) is 13.8 Å². The van der Waals surface area contributed by atoms with Gasteiger partial charge in [0.25, 0.3) is 0 Å². The van der Waals surface area contributed by atoms with Gasteiger partial charge in [-0.25, -0.2) is 9.59 Å². The van der Waals surface area contributed by atoms with E-state index in [2.05, 4.69) is 13.8 Å². The zero-order valence-electron chi connectivity index (χ0n) is 14.2. The van der Waals surface area contributed by atoms with Gasteiger partial charge in [0.05, 0.1) is 32.1 Å². The SMILES string of the molecule is COC(=O)C1=C(C(=O)OC)N(c2ccccc2SC(C)C)COC1. The van der Waals surface area contributed by atoms with Crippen molar-refractivity contribution in [2.24, 2.45) is 0 Å². The number of carbonyl (C=O) groups excluding carboxylic acids is 2. The number of thioether (sulfide) groups is 1. The van der Waals surface area contributed by atoms with Crippen LogP contribution >= 0.6 is 11.8 Å². The number of nitrogens with zero attached hydrogens (tertiary/aromatic N) is 1. The monoisotopic (exact) mass is 351 g/mol. The molecule has 0 amide bonds. The van der Waals surface area contributed by atoms with E-state index in [1.165, 1.54) is 14.2 Å². The maximum atomic E-state index is 12.3. The third-order valence-corrected chi connectivity index (χ3v) is 4.42. The fraction of sp³-hybridized carbons (Fsp3) is 0.412. The highest BCUT2D eigenvalue weighted by molar-refractivity contribution is 8.00. The van der Waals surface area contributed by atoms with Crippen molar-refractivity contribution in [3.8, 4) is 0 Å². The predicted molar refractivity (Wildman–Crippen MR) is 91.8 cm³/mol. The van der Waals surface area contributed by atoms with E-state index in [0.29, 0.717) is 5.25 Å². The summed E-state index contributed by atoms with van der Waals surface area (Å²) >= 11 is 1.67. The molecule has 0 unspecified atom stereocenters. The molecule has 2 rings (SSSR count). The molecule has 1 aromatic rings. The number of anilines is 1. The summed E-state index contributed by atoms with van der Waals surface area (Å²) in [7, 11) is 2.55. The Labute approximate surface area is 145 Å². The third kappa shape index (κ3) is 3.91. The molecule has 1 aromatic carbocycles. The van der Waals surface area contributed by atoms with Crippen molar-refractivity contribution in [2.45, 2.75) is 24.0 Å². The molecule has 0 aliphatic carbocycles. The largest absolute Gasteiger partial charge is 0.466 e. The Morgan fingerprint density at radius 3 is 2.46 bits per heavy atom. The van der Waals surface area contributed by atoms with E-state index in [-0.39, 0.29) is 24.6 Å². The number of hydrogen-bond acceptors (Lipinski definition) is 7. The molecular formula is C17H21NO5S. The molecule has 0 N–H and O–H groups in total. The Kier molecular flexibility index (Phi) is 6.28. The zero-order valence-corrected chi connectivity index (χ0v) is 15.0. The molecule has 0 radical (unpaired) electrons. The number of carbonyl (C=O) groups is 2. The van der Waals surface area contributed by atoms with Crippen molar-refractivity contribution in [1.29, 1.82) is 0 Å². The van der Waals surface area contributed by atoms with Gasteiger partial charge in [-0.15, -0.1) is 11.8 Å². The molecule has 1 heterocycles. The van der Waals surface area contributed by atoms with Crippen LogP contribution in [0.3, 0.4) is 0 Å². The smallest absolute Gasteiger partial charge is 0.355 e. The van der Waals surface area contributed by atoms with Gasteiger partial charge >= 0.3 is 11.9 Å². The van der Waals surface area contributed by atoms with Crippen molar-refractivity contribution in [2.75, 3.05) is 32.5 Å². The standard InChI is InChI=1S/C17H21NO5S/c1-11(2)24-14-8-6-5-7-13(14)18-10-23-9-12(16(19)21-3)15(18)17(20)22-4/h5-8,11H,9-10H2,1-4H3. The second-order valence-corrected chi connectivity index (χ2v) is 6.97. The molecular weight excluding hydrogens is 330 g/mol. The molecule has 0 spiro atoms.